The minimum atomic E-state index is -0.523. The fourth-order valence-electron chi connectivity index (χ4n) is 1.96. The van der Waals surface area contributed by atoms with Crippen LogP contribution in [0.15, 0.2) is 36.7 Å². The van der Waals surface area contributed by atoms with Crippen LogP contribution >= 0.6 is 0 Å². The summed E-state index contributed by atoms with van der Waals surface area (Å²) in [4.78, 5) is 8.50. The highest BCUT2D eigenvalue weighted by Gasteiger charge is 2.30. The Balaban J connectivity index is 2.36. The van der Waals surface area contributed by atoms with Gasteiger partial charge in [0.1, 0.15) is 5.82 Å². The number of anilines is 1. The molecule has 0 amide bonds. The van der Waals surface area contributed by atoms with E-state index in [1.165, 1.54) is 0 Å². The van der Waals surface area contributed by atoms with Crippen LogP contribution in [0.5, 0.6) is 0 Å². The van der Waals surface area contributed by atoms with Crippen LogP contribution in [0.3, 0.4) is 0 Å². The van der Waals surface area contributed by atoms with Crippen LogP contribution in [0.2, 0.25) is 0 Å². The van der Waals surface area contributed by atoms with Gasteiger partial charge in [0.05, 0.1) is 17.2 Å². The van der Waals surface area contributed by atoms with Gasteiger partial charge in [-0.1, -0.05) is 19.9 Å². The normalized spacial score (nSPS) is 13.8. The Morgan fingerprint density at radius 3 is 2.35 bits per heavy atom. The zero-order valence-electron chi connectivity index (χ0n) is 12.0. The Bertz CT molecular complexity index is 623. The number of nitrogens with two attached hydrogens (primary N) is 1. The smallest absolute Gasteiger partial charge is 0.123 e. The van der Waals surface area contributed by atoms with Gasteiger partial charge in [-0.25, -0.2) is 4.98 Å². The first-order chi connectivity index (χ1) is 9.47. The molecule has 0 saturated heterocycles. The van der Waals surface area contributed by atoms with Crippen molar-refractivity contribution in [1.82, 2.24) is 9.97 Å². The summed E-state index contributed by atoms with van der Waals surface area (Å²) in [6.07, 6.45) is 3.47. The van der Waals surface area contributed by atoms with Crippen LogP contribution in [0.1, 0.15) is 26.3 Å². The van der Waals surface area contributed by atoms with Gasteiger partial charge in [0.25, 0.3) is 0 Å². The van der Waals surface area contributed by atoms with Gasteiger partial charge in [-0.2, -0.15) is 5.26 Å². The van der Waals surface area contributed by atoms with Gasteiger partial charge in [0.15, 0.2) is 0 Å². The molecule has 0 bridgehead atoms. The number of nitriles is 1. The van der Waals surface area contributed by atoms with E-state index in [4.69, 9.17) is 5.73 Å². The Morgan fingerprint density at radius 1 is 1.15 bits per heavy atom. The van der Waals surface area contributed by atoms with Crippen LogP contribution in [0.4, 0.5) is 5.82 Å². The predicted molar refractivity (Wildman–Crippen MR) is 79.7 cm³/mol. The first-order valence-corrected chi connectivity index (χ1v) is 6.57. The summed E-state index contributed by atoms with van der Waals surface area (Å²) >= 11 is 0. The summed E-state index contributed by atoms with van der Waals surface area (Å²) < 4.78 is 0. The average Bonchev–Trinajstić information content (AvgIpc) is 2.47. The summed E-state index contributed by atoms with van der Waals surface area (Å²) in [5, 5.41) is 9.42. The molecular formula is C16H18N4. The molecule has 4 nitrogen and oxygen atoms in total. The molecule has 2 heterocycles. The molecule has 2 N–H and O–H groups in total. The minimum Gasteiger partial charge on any atom is -0.384 e. The largest absolute Gasteiger partial charge is 0.384 e. The van der Waals surface area contributed by atoms with Crippen LogP contribution in [0, 0.1) is 17.2 Å². The molecule has 1 atom stereocenters. The van der Waals surface area contributed by atoms with E-state index >= 15 is 0 Å². The molecule has 2 aromatic rings. The number of hydrogen-bond donors (Lipinski definition) is 1. The van der Waals surface area contributed by atoms with E-state index in [2.05, 4.69) is 16.0 Å². The molecular weight excluding hydrogens is 248 g/mol. The predicted octanol–water partition coefficient (Wildman–Crippen LogP) is 3.16. The fraction of sp³-hybridized carbons (Fsp3) is 0.312. The molecule has 0 radical (unpaired) electrons. The van der Waals surface area contributed by atoms with Crippen molar-refractivity contribution in [2.75, 3.05) is 5.73 Å². The lowest BCUT2D eigenvalue weighted by atomic mass is 9.75. The third-order valence-electron chi connectivity index (χ3n) is 3.83. The molecule has 0 saturated carbocycles. The molecule has 0 aromatic carbocycles. The second-order valence-corrected chi connectivity index (χ2v) is 5.37. The quantitative estimate of drug-likeness (QED) is 0.925. The topological polar surface area (TPSA) is 75.6 Å². The summed E-state index contributed by atoms with van der Waals surface area (Å²) in [6, 6.07) is 9.90. The maximum atomic E-state index is 9.42. The Hall–Kier alpha value is -2.41. The maximum absolute atomic E-state index is 9.42. The Labute approximate surface area is 119 Å². The first kappa shape index (κ1) is 14.0. The van der Waals surface area contributed by atoms with E-state index < -0.39 is 5.41 Å². The zero-order chi connectivity index (χ0) is 14.8. The Kier molecular flexibility index (Phi) is 3.71. The van der Waals surface area contributed by atoms with Gasteiger partial charge >= 0.3 is 0 Å². The number of hydrogen-bond acceptors (Lipinski definition) is 4. The van der Waals surface area contributed by atoms with E-state index in [0.29, 0.717) is 5.82 Å². The van der Waals surface area contributed by atoms with Crippen molar-refractivity contribution in [3.63, 3.8) is 0 Å². The summed E-state index contributed by atoms with van der Waals surface area (Å²) in [6.45, 7) is 6.03. The fourth-order valence-corrected chi connectivity index (χ4v) is 1.96. The maximum Gasteiger partial charge on any atom is 0.123 e. The molecule has 4 heteroatoms. The van der Waals surface area contributed by atoms with Crippen LogP contribution in [0.25, 0.3) is 11.3 Å². The molecule has 0 spiro atoms. The highest BCUT2D eigenvalue weighted by Crippen LogP contribution is 2.31. The van der Waals surface area contributed by atoms with Crippen molar-refractivity contribution in [2.24, 2.45) is 5.92 Å². The van der Waals surface area contributed by atoms with Crippen molar-refractivity contribution in [2.45, 2.75) is 26.2 Å². The molecule has 102 valence electrons. The number of pyridine rings is 2. The van der Waals surface area contributed by atoms with E-state index in [0.717, 1.165) is 16.8 Å². The van der Waals surface area contributed by atoms with Gasteiger partial charge in [-0.05, 0) is 36.6 Å². The van der Waals surface area contributed by atoms with Crippen LogP contribution in [-0.2, 0) is 5.41 Å². The molecule has 20 heavy (non-hydrogen) atoms. The standard InChI is InChI=1S/C16H18N4/c1-11(2)16(3,10-17)13-5-6-14(19-9-13)12-4-7-15(18)20-8-12/h4-9,11H,1-3H3,(H2,18,20). The number of nitrogen functional groups attached to an aromatic ring is 1. The van der Waals surface area contributed by atoms with Crippen molar-refractivity contribution < 1.29 is 0 Å². The summed E-state index contributed by atoms with van der Waals surface area (Å²) in [5.74, 6) is 0.709. The number of rotatable bonds is 3. The van der Waals surface area contributed by atoms with E-state index in [1.54, 1.807) is 18.5 Å². The minimum absolute atomic E-state index is 0.221. The molecule has 1 unspecified atom stereocenters. The molecule has 0 fully saturated rings. The lowest BCUT2D eigenvalue weighted by Gasteiger charge is -2.26. The Morgan fingerprint density at radius 2 is 1.90 bits per heavy atom. The second-order valence-electron chi connectivity index (χ2n) is 5.37. The van der Waals surface area contributed by atoms with Gasteiger partial charge in [0, 0.05) is 18.0 Å². The van der Waals surface area contributed by atoms with Gasteiger partial charge in [-0.15, -0.1) is 0 Å². The van der Waals surface area contributed by atoms with Gasteiger partial charge in [0.2, 0.25) is 0 Å². The van der Waals surface area contributed by atoms with E-state index in [-0.39, 0.29) is 5.92 Å². The zero-order valence-corrected chi connectivity index (χ0v) is 12.0. The summed E-state index contributed by atoms with van der Waals surface area (Å²) in [5.41, 5.74) is 7.71. The lowest BCUT2D eigenvalue weighted by Crippen LogP contribution is -2.26. The number of nitrogens with zero attached hydrogens (tertiary/aromatic N) is 3. The van der Waals surface area contributed by atoms with Crippen molar-refractivity contribution >= 4 is 5.82 Å². The first-order valence-electron chi connectivity index (χ1n) is 6.57. The van der Waals surface area contributed by atoms with Crippen molar-refractivity contribution in [3.05, 3.63) is 42.2 Å². The molecule has 0 aliphatic carbocycles. The lowest BCUT2D eigenvalue weighted by molar-refractivity contribution is 0.430. The third-order valence-corrected chi connectivity index (χ3v) is 3.83. The van der Waals surface area contributed by atoms with Crippen molar-refractivity contribution in [3.8, 4) is 17.3 Å². The third kappa shape index (κ3) is 2.48. The highest BCUT2D eigenvalue weighted by molar-refractivity contribution is 5.59. The molecule has 0 aliphatic heterocycles. The van der Waals surface area contributed by atoms with Crippen LogP contribution in [-0.4, -0.2) is 9.97 Å². The summed E-state index contributed by atoms with van der Waals surface area (Å²) in [7, 11) is 0. The highest BCUT2D eigenvalue weighted by atomic mass is 14.8. The molecule has 2 rings (SSSR count). The van der Waals surface area contributed by atoms with Gasteiger partial charge in [-0.3, -0.25) is 4.98 Å². The SMILES string of the molecule is CC(C)C(C)(C#N)c1ccc(-c2ccc(N)nc2)nc1. The van der Waals surface area contributed by atoms with E-state index in [1.807, 2.05) is 39.0 Å². The van der Waals surface area contributed by atoms with Crippen LogP contribution < -0.4 is 5.73 Å². The van der Waals surface area contributed by atoms with Gasteiger partial charge < -0.3 is 5.73 Å². The van der Waals surface area contributed by atoms with E-state index in [9.17, 15) is 5.26 Å². The van der Waals surface area contributed by atoms with Crippen molar-refractivity contribution in [1.29, 1.82) is 5.26 Å². The average molecular weight is 266 g/mol. The molecule has 0 aliphatic rings. The molecule has 2 aromatic heterocycles. The second kappa shape index (κ2) is 5.30. The monoisotopic (exact) mass is 266 g/mol. The number of aromatic nitrogens is 2.